The third kappa shape index (κ3) is 4.68. The lowest BCUT2D eigenvalue weighted by molar-refractivity contribution is -0.139. The molecule has 0 aliphatic heterocycles. The van der Waals surface area contributed by atoms with Crippen molar-refractivity contribution in [3.63, 3.8) is 0 Å². The molecule has 0 saturated carbocycles. The third-order valence-electron chi connectivity index (χ3n) is 2.64. The fourth-order valence-electron chi connectivity index (χ4n) is 1.54. The largest absolute Gasteiger partial charge is 0.342 e. The van der Waals surface area contributed by atoms with E-state index in [4.69, 9.17) is 11.6 Å². The summed E-state index contributed by atoms with van der Waals surface area (Å²) >= 11 is 5.93. The Morgan fingerprint density at radius 2 is 1.91 bits per heavy atom. The predicted octanol–water partition coefficient (Wildman–Crippen LogP) is 1.50. The van der Waals surface area contributed by atoms with Crippen LogP contribution in [0.2, 0.25) is 5.02 Å². The van der Waals surface area contributed by atoms with Gasteiger partial charge < -0.3 is 5.32 Å². The number of benzene rings is 1. The smallest absolute Gasteiger partial charge is 0.329 e. The van der Waals surface area contributed by atoms with Gasteiger partial charge in [-0.05, 0) is 18.2 Å². The highest BCUT2D eigenvalue weighted by Crippen LogP contribution is 2.11. The van der Waals surface area contributed by atoms with Crippen LogP contribution in [-0.2, 0) is 16.1 Å². The molecule has 0 saturated heterocycles. The number of pyridine rings is 1. The van der Waals surface area contributed by atoms with E-state index < -0.39 is 11.8 Å². The van der Waals surface area contributed by atoms with Crippen molar-refractivity contribution in [1.29, 1.82) is 0 Å². The number of carbonyl (C=O) groups is 2. The number of hydrazone groups is 1. The van der Waals surface area contributed by atoms with Crippen LogP contribution in [0.5, 0.6) is 0 Å². The van der Waals surface area contributed by atoms with Gasteiger partial charge in [-0.25, -0.2) is 5.43 Å². The average Bonchev–Trinajstić information content (AvgIpc) is 2.55. The Hall–Kier alpha value is -2.73. The first kappa shape index (κ1) is 15.7. The Morgan fingerprint density at radius 3 is 2.64 bits per heavy atom. The van der Waals surface area contributed by atoms with E-state index in [1.54, 1.807) is 48.7 Å². The highest BCUT2D eigenvalue weighted by Gasteiger charge is 2.12. The molecule has 2 amide bonds. The van der Waals surface area contributed by atoms with Crippen LogP contribution in [0.15, 0.2) is 53.8 Å². The Labute approximate surface area is 132 Å². The molecule has 1 aromatic heterocycles. The fraction of sp³-hybridized carbons (Fsp3) is 0.0667. The van der Waals surface area contributed by atoms with Crippen molar-refractivity contribution in [3.8, 4) is 0 Å². The first-order valence-corrected chi connectivity index (χ1v) is 6.80. The summed E-state index contributed by atoms with van der Waals surface area (Å²) in [5.74, 6) is -1.65. The van der Waals surface area contributed by atoms with Gasteiger partial charge in [0.15, 0.2) is 0 Å². The number of carbonyl (C=O) groups excluding carboxylic acids is 2. The van der Waals surface area contributed by atoms with E-state index >= 15 is 0 Å². The van der Waals surface area contributed by atoms with Crippen molar-refractivity contribution in [3.05, 3.63) is 64.9 Å². The Balaban J connectivity index is 1.82. The minimum absolute atomic E-state index is 0.168. The van der Waals surface area contributed by atoms with Gasteiger partial charge in [0.1, 0.15) is 0 Å². The first-order valence-electron chi connectivity index (χ1n) is 6.42. The van der Waals surface area contributed by atoms with E-state index in [2.05, 4.69) is 20.8 Å². The van der Waals surface area contributed by atoms with Gasteiger partial charge in [0.05, 0.1) is 18.5 Å². The maximum atomic E-state index is 11.6. The van der Waals surface area contributed by atoms with E-state index in [-0.39, 0.29) is 6.54 Å². The topological polar surface area (TPSA) is 83.5 Å². The second-order valence-corrected chi connectivity index (χ2v) is 4.63. The van der Waals surface area contributed by atoms with Gasteiger partial charge in [0, 0.05) is 16.8 Å². The lowest BCUT2D eigenvalue weighted by atomic mass is 10.2. The maximum Gasteiger partial charge on any atom is 0.329 e. The van der Waals surface area contributed by atoms with E-state index in [1.165, 1.54) is 6.21 Å². The molecule has 22 heavy (non-hydrogen) atoms. The summed E-state index contributed by atoms with van der Waals surface area (Å²) in [6.45, 7) is 0.168. The molecule has 0 radical (unpaired) electrons. The third-order valence-corrected chi connectivity index (χ3v) is 2.98. The van der Waals surface area contributed by atoms with E-state index in [1.807, 2.05) is 0 Å². The van der Waals surface area contributed by atoms with Crippen molar-refractivity contribution in [2.75, 3.05) is 0 Å². The number of nitrogens with one attached hydrogen (secondary N) is 2. The van der Waals surface area contributed by atoms with E-state index in [0.717, 1.165) is 0 Å². The molecule has 0 aliphatic rings. The van der Waals surface area contributed by atoms with Crippen LogP contribution >= 0.6 is 11.6 Å². The van der Waals surface area contributed by atoms with Gasteiger partial charge >= 0.3 is 11.8 Å². The first-order chi connectivity index (χ1) is 10.7. The van der Waals surface area contributed by atoms with E-state index in [9.17, 15) is 9.59 Å². The second kappa shape index (κ2) is 7.90. The molecular weight excluding hydrogens is 304 g/mol. The quantitative estimate of drug-likeness (QED) is 0.509. The number of rotatable bonds is 4. The molecule has 0 aliphatic carbocycles. The molecule has 1 heterocycles. The van der Waals surface area contributed by atoms with Crippen LogP contribution in [0.1, 0.15) is 11.3 Å². The number of nitrogens with zero attached hydrogens (tertiary/aromatic N) is 2. The van der Waals surface area contributed by atoms with Crippen molar-refractivity contribution >= 4 is 29.6 Å². The molecule has 112 valence electrons. The minimum Gasteiger partial charge on any atom is -0.342 e. The average molecular weight is 317 g/mol. The molecule has 0 fully saturated rings. The maximum absolute atomic E-state index is 11.6. The number of hydrogen-bond donors (Lipinski definition) is 2. The second-order valence-electron chi connectivity index (χ2n) is 4.22. The van der Waals surface area contributed by atoms with Crippen LogP contribution in [0, 0.1) is 0 Å². The monoisotopic (exact) mass is 316 g/mol. The zero-order valence-electron chi connectivity index (χ0n) is 11.5. The van der Waals surface area contributed by atoms with Gasteiger partial charge in [-0.2, -0.15) is 5.10 Å². The molecule has 0 atom stereocenters. The standard InChI is InChI=1S/C15H13ClN4O2/c16-13-7-2-1-5-11(13)9-19-20-15(22)14(21)18-10-12-6-3-4-8-17-12/h1-9H,10H2,(H,18,21)(H,20,22)/b19-9-. The predicted molar refractivity (Wildman–Crippen MR) is 83.3 cm³/mol. The highest BCUT2D eigenvalue weighted by molar-refractivity contribution is 6.35. The van der Waals surface area contributed by atoms with Crippen LogP contribution in [0.4, 0.5) is 0 Å². The lowest BCUT2D eigenvalue weighted by Crippen LogP contribution is -2.37. The summed E-state index contributed by atoms with van der Waals surface area (Å²) in [6.07, 6.45) is 2.97. The Kier molecular flexibility index (Phi) is 5.62. The number of halogens is 1. The fourth-order valence-corrected chi connectivity index (χ4v) is 1.73. The van der Waals surface area contributed by atoms with Gasteiger partial charge in [-0.3, -0.25) is 14.6 Å². The molecule has 0 unspecified atom stereocenters. The molecule has 2 aromatic rings. The van der Waals surface area contributed by atoms with Gasteiger partial charge in [-0.15, -0.1) is 0 Å². The van der Waals surface area contributed by atoms with Crippen molar-refractivity contribution in [2.24, 2.45) is 5.10 Å². The van der Waals surface area contributed by atoms with Crippen LogP contribution in [0.25, 0.3) is 0 Å². The number of amides is 2. The van der Waals surface area contributed by atoms with Crippen LogP contribution < -0.4 is 10.7 Å². The number of aromatic nitrogens is 1. The summed E-state index contributed by atoms with van der Waals surface area (Å²) < 4.78 is 0. The lowest BCUT2D eigenvalue weighted by Gasteiger charge is -2.03. The zero-order chi connectivity index (χ0) is 15.8. The summed E-state index contributed by atoms with van der Waals surface area (Å²) in [5, 5.41) is 6.64. The Bertz CT molecular complexity index is 689. The number of hydrogen-bond acceptors (Lipinski definition) is 4. The molecule has 0 spiro atoms. The van der Waals surface area contributed by atoms with Gasteiger partial charge in [0.25, 0.3) is 0 Å². The molecule has 2 rings (SSSR count). The normalized spacial score (nSPS) is 10.4. The van der Waals surface area contributed by atoms with Gasteiger partial charge in [-0.1, -0.05) is 35.9 Å². The van der Waals surface area contributed by atoms with Crippen LogP contribution in [-0.4, -0.2) is 23.0 Å². The van der Waals surface area contributed by atoms with Crippen molar-refractivity contribution in [1.82, 2.24) is 15.7 Å². The molecule has 1 aromatic carbocycles. The summed E-state index contributed by atoms with van der Waals surface area (Å²) in [5.41, 5.74) is 3.43. The van der Waals surface area contributed by atoms with Gasteiger partial charge in [0.2, 0.25) is 0 Å². The van der Waals surface area contributed by atoms with Crippen LogP contribution in [0.3, 0.4) is 0 Å². The molecule has 7 heteroatoms. The van der Waals surface area contributed by atoms with Crippen molar-refractivity contribution in [2.45, 2.75) is 6.54 Å². The molecular formula is C15H13ClN4O2. The summed E-state index contributed by atoms with van der Waals surface area (Å²) in [6, 6.07) is 12.3. The molecule has 0 bridgehead atoms. The minimum atomic E-state index is -0.862. The Morgan fingerprint density at radius 1 is 1.14 bits per heavy atom. The van der Waals surface area contributed by atoms with E-state index in [0.29, 0.717) is 16.3 Å². The zero-order valence-corrected chi connectivity index (χ0v) is 12.2. The van der Waals surface area contributed by atoms with Crippen molar-refractivity contribution < 1.29 is 9.59 Å². The molecule has 2 N–H and O–H groups in total. The summed E-state index contributed by atoms with van der Waals surface area (Å²) in [4.78, 5) is 27.2. The summed E-state index contributed by atoms with van der Waals surface area (Å²) in [7, 11) is 0. The SMILES string of the molecule is O=C(NCc1ccccn1)C(=O)N/N=C\c1ccccc1Cl. The highest BCUT2D eigenvalue weighted by atomic mass is 35.5. The molecule has 6 nitrogen and oxygen atoms in total.